The van der Waals surface area contributed by atoms with E-state index in [0.717, 1.165) is 16.9 Å². The smallest absolute Gasteiger partial charge is 0.323 e. The number of aromatic nitrogens is 2. The number of rotatable bonds is 5. The molecular formula is C19H19N3O2S. The standard InChI is InChI=1S/C19H19N3O2S/c1-12-4-6-15(7-5-12)11-25-19-22-21-18(24-19)20-17(23)16-9-13(2)8-14(3)10-16/h4-10H,11H2,1-3H3,(H,20,21,23). The van der Waals surface area contributed by atoms with Crippen molar-refractivity contribution in [3.8, 4) is 0 Å². The molecule has 1 aromatic heterocycles. The van der Waals surface area contributed by atoms with E-state index in [1.807, 2.05) is 32.0 Å². The van der Waals surface area contributed by atoms with Crippen LogP contribution in [0.15, 0.2) is 52.1 Å². The summed E-state index contributed by atoms with van der Waals surface area (Å²) in [5.74, 6) is 0.470. The maximum atomic E-state index is 12.3. The molecule has 0 aliphatic rings. The number of thioether (sulfide) groups is 1. The molecule has 0 aliphatic heterocycles. The Bertz CT molecular complexity index is 868. The molecule has 3 aromatic rings. The summed E-state index contributed by atoms with van der Waals surface area (Å²) in [4.78, 5) is 12.3. The van der Waals surface area contributed by atoms with E-state index in [4.69, 9.17) is 4.42 Å². The van der Waals surface area contributed by atoms with Gasteiger partial charge in [0, 0.05) is 11.3 Å². The van der Waals surface area contributed by atoms with Crippen LogP contribution in [-0.2, 0) is 5.75 Å². The minimum absolute atomic E-state index is 0.107. The lowest BCUT2D eigenvalue weighted by atomic mass is 10.1. The molecule has 0 saturated carbocycles. The normalized spacial score (nSPS) is 10.7. The molecule has 0 bridgehead atoms. The highest BCUT2D eigenvalue weighted by Gasteiger charge is 2.12. The van der Waals surface area contributed by atoms with Crippen LogP contribution in [-0.4, -0.2) is 16.1 Å². The van der Waals surface area contributed by atoms with Crippen molar-refractivity contribution < 1.29 is 9.21 Å². The van der Waals surface area contributed by atoms with Gasteiger partial charge in [0.15, 0.2) is 0 Å². The van der Waals surface area contributed by atoms with Crippen molar-refractivity contribution in [1.82, 2.24) is 10.2 Å². The highest BCUT2D eigenvalue weighted by Crippen LogP contribution is 2.23. The summed E-state index contributed by atoms with van der Waals surface area (Å²) in [6, 6.07) is 14.1. The van der Waals surface area contributed by atoms with Gasteiger partial charge in [-0.3, -0.25) is 10.1 Å². The fourth-order valence-electron chi connectivity index (χ4n) is 2.42. The average Bonchev–Trinajstić information content (AvgIpc) is 3.01. The number of benzene rings is 2. The molecule has 25 heavy (non-hydrogen) atoms. The number of hydrogen-bond acceptors (Lipinski definition) is 5. The van der Waals surface area contributed by atoms with Gasteiger partial charge in [0.2, 0.25) is 0 Å². The Balaban J connectivity index is 1.61. The molecule has 1 amide bonds. The minimum atomic E-state index is -0.259. The predicted molar refractivity (Wildman–Crippen MR) is 98.9 cm³/mol. The maximum absolute atomic E-state index is 12.3. The quantitative estimate of drug-likeness (QED) is 0.682. The van der Waals surface area contributed by atoms with Crippen LogP contribution in [0.4, 0.5) is 6.01 Å². The predicted octanol–water partition coefficient (Wildman–Crippen LogP) is 4.54. The van der Waals surface area contributed by atoms with Crippen LogP contribution in [0.1, 0.15) is 32.6 Å². The molecular weight excluding hydrogens is 334 g/mol. The van der Waals surface area contributed by atoms with Gasteiger partial charge in [-0.2, -0.15) is 0 Å². The molecule has 1 heterocycles. The van der Waals surface area contributed by atoms with E-state index in [1.165, 1.54) is 22.9 Å². The van der Waals surface area contributed by atoms with Crippen LogP contribution < -0.4 is 5.32 Å². The molecule has 128 valence electrons. The van der Waals surface area contributed by atoms with E-state index in [9.17, 15) is 4.79 Å². The van der Waals surface area contributed by atoms with E-state index < -0.39 is 0 Å². The summed E-state index contributed by atoms with van der Waals surface area (Å²) in [5, 5.41) is 10.9. The van der Waals surface area contributed by atoms with Gasteiger partial charge in [0.25, 0.3) is 11.1 Å². The first kappa shape index (κ1) is 17.2. The van der Waals surface area contributed by atoms with Crippen molar-refractivity contribution in [1.29, 1.82) is 0 Å². The van der Waals surface area contributed by atoms with Gasteiger partial charge in [0.1, 0.15) is 0 Å². The molecule has 5 nitrogen and oxygen atoms in total. The first-order chi connectivity index (χ1) is 12.0. The lowest BCUT2D eigenvalue weighted by molar-refractivity contribution is 0.102. The molecule has 3 rings (SSSR count). The van der Waals surface area contributed by atoms with E-state index in [-0.39, 0.29) is 11.9 Å². The largest absolute Gasteiger partial charge is 0.398 e. The molecule has 6 heteroatoms. The number of amides is 1. The number of hydrogen-bond donors (Lipinski definition) is 1. The molecule has 0 saturated heterocycles. The Morgan fingerprint density at radius 3 is 2.36 bits per heavy atom. The fourth-order valence-corrected chi connectivity index (χ4v) is 3.14. The zero-order valence-corrected chi connectivity index (χ0v) is 15.2. The maximum Gasteiger partial charge on any atom is 0.323 e. The van der Waals surface area contributed by atoms with Gasteiger partial charge in [-0.1, -0.05) is 69.0 Å². The molecule has 0 unspecified atom stereocenters. The molecule has 0 aliphatic carbocycles. The number of carbonyl (C=O) groups excluding carboxylic acids is 1. The number of nitrogens with zero attached hydrogens (tertiary/aromatic N) is 2. The van der Waals surface area contributed by atoms with Crippen molar-refractivity contribution in [3.63, 3.8) is 0 Å². The monoisotopic (exact) mass is 353 g/mol. The first-order valence-corrected chi connectivity index (χ1v) is 8.89. The summed E-state index contributed by atoms with van der Waals surface area (Å²) >= 11 is 1.44. The molecule has 0 fully saturated rings. The molecule has 1 N–H and O–H groups in total. The van der Waals surface area contributed by atoms with Crippen LogP contribution in [0.3, 0.4) is 0 Å². The Morgan fingerprint density at radius 2 is 1.68 bits per heavy atom. The summed E-state index contributed by atoms with van der Waals surface area (Å²) in [5.41, 5.74) is 5.04. The van der Waals surface area contributed by atoms with E-state index in [1.54, 1.807) is 0 Å². The number of carbonyl (C=O) groups is 1. The Kier molecular flexibility index (Phi) is 5.19. The van der Waals surface area contributed by atoms with Crippen LogP contribution in [0.2, 0.25) is 0 Å². The summed E-state index contributed by atoms with van der Waals surface area (Å²) < 4.78 is 5.49. The third kappa shape index (κ3) is 4.70. The minimum Gasteiger partial charge on any atom is -0.398 e. The highest BCUT2D eigenvalue weighted by atomic mass is 32.2. The van der Waals surface area contributed by atoms with Crippen LogP contribution in [0, 0.1) is 20.8 Å². The Morgan fingerprint density at radius 1 is 1.00 bits per heavy atom. The second kappa shape index (κ2) is 7.53. The van der Waals surface area contributed by atoms with Gasteiger partial charge in [-0.25, -0.2) is 0 Å². The van der Waals surface area contributed by atoms with Gasteiger partial charge in [-0.15, -0.1) is 0 Å². The van der Waals surface area contributed by atoms with Crippen molar-refractivity contribution in [2.45, 2.75) is 31.7 Å². The number of anilines is 1. The van der Waals surface area contributed by atoms with Crippen molar-refractivity contribution in [2.24, 2.45) is 0 Å². The molecule has 2 aromatic carbocycles. The zero-order chi connectivity index (χ0) is 17.8. The summed E-state index contributed by atoms with van der Waals surface area (Å²) in [6.07, 6.45) is 0. The van der Waals surface area contributed by atoms with Gasteiger partial charge in [-0.05, 0) is 38.5 Å². The second-order valence-electron chi connectivity index (χ2n) is 5.98. The van der Waals surface area contributed by atoms with Crippen molar-refractivity contribution >= 4 is 23.7 Å². The zero-order valence-electron chi connectivity index (χ0n) is 14.4. The van der Waals surface area contributed by atoms with E-state index in [2.05, 4.69) is 46.7 Å². The molecule has 0 spiro atoms. The SMILES string of the molecule is Cc1ccc(CSc2nnc(NC(=O)c3cc(C)cc(C)c3)o2)cc1. The molecule has 0 radical (unpaired) electrons. The van der Waals surface area contributed by atoms with Gasteiger partial charge < -0.3 is 4.42 Å². The second-order valence-corrected chi connectivity index (χ2v) is 6.90. The fraction of sp³-hybridized carbons (Fsp3) is 0.211. The van der Waals surface area contributed by atoms with Crippen LogP contribution in [0.5, 0.6) is 0 Å². The first-order valence-electron chi connectivity index (χ1n) is 7.91. The average molecular weight is 353 g/mol. The third-order valence-corrected chi connectivity index (χ3v) is 4.48. The summed E-state index contributed by atoms with van der Waals surface area (Å²) in [7, 11) is 0. The summed E-state index contributed by atoms with van der Waals surface area (Å²) in [6.45, 7) is 5.96. The van der Waals surface area contributed by atoms with Crippen LogP contribution in [0.25, 0.3) is 0 Å². The Labute approximate surface area is 150 Å². The van der Waals surface area contributed by atoms with E-state index in [0.29, 0.717) is 10.8 Å². The topological polar surface area (TPSA) is 68.0 Å². The van der Waals surface area contributed by atoms with Crippen molar-refractivity contribution in [3.05, 3.63) is 70.3 Å². The lowest BCUT2D eigenvalue weighted by Crippen LogP contribution is -2.12. The molecule has 0 atom stereocenters. The number of aryl methyl sites for hydroxylation is 3. The Hall–Kier alpha value is -2.60. The third-order valence-electron chi connectivity index (χ3n) is 3.59. The highest BCUT2D eigenvalue weighted by molar-refractivity contribution is 7.98. The van der Waals surface area contributed by atoms with Crippen LogP contribution >= 0.6 is 11.8 Å². The van der Waals surface area contributed by atoms with Crippen molar-refractivity contribution in [2.75, 3.05) is 5.32 Å². The van der Waals surface area contributed by atoms with E-state index >= 15 is 0 Å². The van der Waals surface area contributed by atoms with Gasteiger partial charge in [0.05, 0.1) is 0 Å². The lowest BCUT2D eigenvalue weighted by Gasteiger charge is -2.03. The van der Waals surface area contributed by atoms with Gasteiger partial charge >= 0.3 is 6.01 Å². The number of nitrogens with one attached hydrogen (secondary N) is 1.